The van der Waals surface area contributed by atoms with E-state index in [1.807, 2.05) is 0 Å². The van der Waals surface area contributed by atoms with Crippen molar-refractivity contribution in [2.24, 2.45) is 0 Å². The van der Waals surface area contributed by atoms with Crippen LogP contribution in [-0.2, 0) is 6.54 Å². The molecule has 0 heterocycles. The predicted molar refractivity (Wildman–Crippen MR) is 71.2 cm³/mol. The van der Waals surface area contributed by atoms with Gasteiger partial charge in [-0.05, 0) is 41.5 Å². The first-order valence-electron chi connectivity index (χ1n) is 4.94. The summed E-state index contributed by atoms with van der Waals surface area (Å²) >= 11 is 8.26. The second-order valence-electron chi connectivity index (χ2n) is 3.31. The van der Waals surface area contributed by atoms with Gasteiger partial charge in [-0.2, -0.15) is 0 Å². The lowest BCUT2D eigenvalue weighted by Crippen LogP contribution is -2.15. The summed E-state index contributed by atoms with van der Waals surface area (Å²) in [7, 11) is 0. The van der Waals surface area contributed by atoms with Crippen molar-refractivity contribution in [3.8, 4) is 0 Å². The highest BCUT2D eigenvalue weighted by Gasteiger charge is 2.00. The van der Waals surface area contributed by atoms with Crippen molar-refractivity contribution in [3.05, 3.63) is 34.6 Å². The van der Waals surface area contributed by atoms with Gasteiger partial charge in [-0.1, -0.05) is 40.3 Å². The molecule has 0 radical (unpaired) electrons. The van der Waals surface area contributed by atoms with Crippen LogP contribution in [0.4, 0.5) is 4.39 Å². The number of benzene rings is 1. The maximum atomic E-state index is 12.7. The molecule has 4 heteroatoms. The van der Waals surface area contributed by atoms with Crippen molar-refractivity contribution in [2.45, 2.75) is 19.4 Å². The van der Waals surface area contributed by atoms with Gasteiger partial charge in [0.1, 0.15) is 5.82 Å². The summed E-state index contributed by atoms with van der Waals surface area (Å²) in [6, 6.07) is 4.51. The van der Waals surface area contributed by atoms with E-state index in [1.165, 1.54) is 29.4 Å². The van der Waals surface area contributed by atoms with Crippen molar-refractivity contribution < 1.29 is 4.39 Å². The second-order valence-corrected chi connectivity index (χ2v) is 4.79. The van der Waals surface area contributed by atoms with Gasteiger partial charge >= 0.3 is 0 Å². The predicted octanol–water partition coefficient (Wildman–Crippen LogP) is 3.78. The molecule has 0 unspecified atom stereocenters. The van der Waals surface area contributed by atoms with Crippen molar-refractivity contribution in [2.75, 3.05) is 11.0 Å². The Morgan fingerprint density at radius 3 is 2.80 bits per heavy atom. The molecule has 0 spiro atoms. The van der Waals surface area contributed by atoms with E-state index in [0.29, 0.717) is 11.6 Å². The van der Waals surface area contributed by atoms with Crippen LogP contribution >= 0.6 is 34.2 Å². The van der Waals surface area contributed by atoms with E-state index in [4.69, 9.17) is 11.6 Å². The average molecular weight is 342 g/mol. The van der Waals surface area contributed by atoms with E-state index in [-0.39, 0.29) is 5.82 Å². The van der Waals surface area contributed by atoms with Crippen LogP contribution in [-0.4, -0.2) is 11.0 Å². The smallest absolute Gasteiger partial charge is 0.124 e. The average Bonchev–Trinajstić information content (AvgIpc) is 2.20. The molecular weight excluding hydrogens is 327 g/mol. The van der Waals surface area contributed by atoms with Gasteiger partial charge in [0.15, 0.2) is 0 Å². The van der Waals surface area contributed by atoms with Crippen molar-refractivity contribution >= 4 is 34.2 Å². The van der Waals surface area contributed by atoms with E-state index in [9.17, 15) is 4.39 Å². The minimum atomic E-state index is -0.284. The van der Waals surface area contributed by atoms with Gasteiger partial charge in [-0.3, -0.25) is 0 Å². The van der Waals surface area contributed by atoms with Gasteiger partial charge in [-0.25, -0.2) is 4.39 Å². The normalized spacial score (nSPS) is 10.6. The largest absolute Gasteiger partial charge is 0.313 e. The standard InChI is InChI=1S/C11H14ClFIN/c12-11-7-10(13)4-3-9(11)8-15-6-2-1-5-14/h3-4,7,15H,1-2,5-6,8H2. The number of nitrogens with one attached hydrogen (secondary N) is 1. The quantitative estimate of drug-likeness (QED) is 0.472. The van der Waals surface area contributed by atoms with Crippen LogP contribution in [0.5, 0.6) is 0 Å². The number of alkyl halides is 1. The maximum absolute atomic E-state index is 12.7. The molecule has 0 aliphatic rings. The molecule has 0 atom stereocenters. The fourth-order valence-corrected chi connectivity index (χ4v) is 2.01. The highest BCUT2D eigenvalue weighted by atomic mass is 127. The molecule has 0 bridgehead atoms. The molecule has 1 aromatic carbocycles. The minimum Gasteiger partial charge on any atom is -0.313 e. The molecule has 0 saturated carbocycles. The molecule has 0 aliphatic heterocycles. The maximum Gasteiger partial charge on any atom is 0.124 e. The first-order chi connectivity index (χ1) is 7.24. The number of rotatable bonds is 6. The Morgan fingerprint density at radius 2 is 2.13 bits per heavy atom. The Balaban J connectivity index is 2.31. The molecule has 0 amide bonds. The van der Waals surface area contributed by atoms with Gasteiger partial charge in [0.05, 0.1) is 0 Å². The summed E-state index contributed by atoms with van der Waals surface area (Å²) in [4.78, 5) is 0. The fourth-order valence-electron chi connectivity index (χ4n) is 1.23. The Bertz CT molecular complexity index is 307. The fraction of sp³-hybridized carbons (Fsp3) is 0.455. The summed E-state index contributed by atoms with van der Waals surface area (Å²) in [5, 5.41) is 3.78. The third kappa shape index (κ3) is 5.13. The van der Waals surface area contributed by atoms with E-state index < -0.39 is 0 Å². The van der Waals surface area contributed by atoms with Crippen LogP contribution in [0.3, 0.4) is 0 Å². The highest BCUT2D eigenvalue weighted by molar-refractivity contribution is 14.1. The van der Waals surface area contributed by atoms with Crippen LogP contribution < -0.4 is 5.32 Å². The third-order valence-electron chi connectivity index (χ3n) is 2.07. The molecule has 0 saturated heterocycles. The number of halogens is 3. The molecule has 0 fully saturated rings. The molecule has 1 rings (SSSR count). The van der Waals surface area contributed by atoms with Gasteiger partial charge in [-0.15, -0.1) is 0 Å². The summed E-state index contributed by atoms with van der Waals surface area (Å²) in [6.45, 7) is 1.69. The second kappa shape index (κ2) is 7.41. The lowest BCUT2D eigenvalue weighted by Gasteiger charge is -2.06. The van der Waals surface area contributed by atoms with Gasteiger partial charge in [0, 0.05) is 11.6 Å². The van der Waals surface area contributed by atoms with Crippen LogP contribution in [0.2, 0.25) is 5.02 Å². The lowest BCUT2D eigenvalue weighted by molar-refractivity contribution is 0.622. The zero-order valence-electron chi connectivity index (χ0n) is 8.40. The summed E-state index contributed by atoms with van der Waals surface area (Å²) in [5.74, 6) is -0.284. The van der Waals surface area contributed by atoms with E-state index >= 15 is 0 Å². The molecule has 0 aromatic heterocycles. The Kier molecular flexibility index (Phi) is 6.52. The van der Waals surface area contributed by atoms with E-state index in [2.05, 4.69) is 27.9 Å². The summed E-state index contributed by atoms with van der Waals surface area (Å²) in [6.07, 6.45) is 2.40. The van der Waals surface area contributed by atoms with Crippen molar-refractivity contribution in [1.82, 2.24) is 5.32 Å². The molecule has 1 nitrogen and oxygen atoms in total. The monoisotopic (exact) mass is 341 g/mol. The van der Waals surface area contributed by atoms with Crippen LogP contribution in [0.15, 0.2) is 18.2 Å². The van der Waals surface area contributed by atoms with Crippen LogP contribution in [0.1, 0.15) is 18.4 Å². The number of unbranched alkanes of at least 4 members (excludes halogenated alkanes) is 1. The number of hydrogen-bond acceptors (Lipinski definition) is 1. The SMILES string of the molecule is Fc1ccc(CNCCCCI)c(Cl)c1. The zero-order chi connectivity index (χ0) is 11.1. The topological polar surface area (TPSA) is 12.0 Å². The number of hydrogen-bond donors (Lipinski definition) is 1. The molecule has 0 aliphatic carbocycles. The van der Waals surface area contributed by atoms with E-state index in [1.54, 1.807) is 6.07 Å². The third-order valence-corrected chi connectivity index (χ3v) is 3.18. The van der Waals surface area contributed by atoms with Crippen LogP contribution in [0.25, 0.3) is 0 Å². The first-order valence-corrected chi connectivity index (χ1v) is 6.85. The van der Waals surface area contributed by atoms with Gasteiger partial charge in [0.2, 0.25) is 0 Å². The zero-order valence-corrected chi connectivity index (χ0v) is 11.3. The van der Waals surface area contributed by atoms with E-state index in [0.717, 1.165) is 12.1 Å². The molecule has 1 aromatic rings. The molecule has 15 heavy (non-hydrogen) atoms. The van der Waals surface area contributed by atoms with Crippen LogP contribution in [0, 0.1) is 5.82 Å². The minimum absolute atomic E-state index is 0.284. The summed E-state index contributed by atoms with van der Waals surface area (Å²) < 4.78 is 13.9. The lowest BCUT2D eigenvalue weighted by atomic mass is 10.2. The highest BCUT2D eigenvalue weighted by Crippen LogP contribution is 2.16. The molecule has 1 N–H and O–H groups in total. The Hall–Kier alpha value is 0.130. The van der Waals surface area contributed by atoms with Gasteiger partial charge in [0.25, 0.3) is 0 Å². The van der Waals surface area contributed by atoms with Crippen molar-refractivity contribution in [3.63, 3.8) is 0 Å². The first kappa shape index (κ1) is 13.2. The Labute approximate surface area is 109 Å². The Morgan fingerprint density at radius 1 is 1.33 bits per heavy atom. The summed E-state index contributed by atoms with van der Waals surface area (Å²) in [5.41, 5.74) is 0.951. The van der Waals surface area contributed by atoms with Gasteiger partial charge < -0.3 is 5.32 Å². The molecular formula is C11H14ClFIN. The molecule has 84 valence electrons. The van der Waals surface area contributed by atoms with Crippen molar-refractivity contribution in [1.29, 1.82) is 0 Å².